The van der Waals surface area contributed by atoms with Crippen LogP contribution in [0.1, 0.15) is 9.68 Å². The fourth-order valence-corrected chi connectivity index (χ4v) is 3.09. The van der Waals surface area contributed by atoms with Crippen molar-refractivity contribution >= 4 is 22.1 Å². The number of pyridine rings is 1. The van der Waals surface area contributed by atoms with E-state index in [1.165, 1.54) is 10.1 Å². The molecule has 3 aromatic heterocycles. The van der Waals surface area contributed by atoms with Gasteiger partial charge in [0.2, 0.25) is 0 Å². The lowest BCUT2D eigenvalue weighted by Crippen LogP contribution is -2.30. The standard InChI is InChI=1S/C16H12N3O/c1-18-13-6-7-17-8-12(13)14-16(18)20-15-11-5-3-2-4-10(11)9-19(14)15/h2-8H,9H2,1H3/q+1/i1D3. The van der Waals surface area contributed by atoms with E-state index in [1.54, 1.807) is 18.5 Å². The molecule has 96 valence electrons. The first-order valence-electron chi connectivity index (χ1n) is 7.95. The van der Waals surface area contributed by atoms with Gasteiger partial charge in [0.05, 0.1) is 16.5 Å². The number of fused-ring (bicyclic) bond motifs is 7. The molecule has 0 saturated carbocycles. The predicted octanol–water partition coefficient (Wildman–Crippen LogP) is 2.64. The summed E-state index contributed by atoms with van der Waals surface area (Å²) >= 11 is 0. The van der Waals surface area contributed by atoms with E-state index in [0.717, 1.165) is 16.5 Å². The molecule has 0 N–H and O–H groups in total. The van der Waals surface area contributed by atoms with E-state index >= 15 is 0 Å². The number of benzene rings is 1. The quantitative estimate of drug-likeness (QED) is 0.403. The lowest BCUT2D eigenvalue weighted by molar-refractivity contribution is -0.648. The molecule has 4 heteroatoms. The van der Waals surface area contributed by atoms with Gasteiger partial charge in [-0.05, 0) is 12.1 Å². The van der Waals surface area contributed by atoms with E-state index in [2.05, 4.69) is 11.1 Å². The predicted molar refractivity (Wildman–Crippen MR) is 75.2 cm³/mol. The Morgan fingerprint density at radius 3 is 3.25 bits per heavy atom. The third kappa shape index (κ3) is 1.04. The van der Waals surface area contributed by atoms with Crippen LogP contribution in [0.4, 0.5) is 0 Å². The van der Waals surface area contributed by atoms with Crippen LogP contribution in [0, 0.1) is 0 Å². The summed E-state index contributed by atoms with van der Waals surface area (Å²) in [7, 11) is 0. The minimum atomic E-state index is -2.31. The van der Waals surface area contributed by atoms with Gasteiger partial charge in [0, 0.05) is 29.0 Å². The van der Waals surface area contributed by atoms with Gasteiger partial charge in [-0.2, -0.15) is 0 Å². The fraction of sp³-hybridized carbons (Fsp3) is 0.125. The minimum Gasteiger partial charge on any atom is -0.380 e. The SMILES string of the molecule is [2H]C([2H])([2H])n1c2ccncc2c2c1oc1[n+]2Cc2ccccc2-1. The maximum atomic E-state index is 7.86. The van der Waals surface area contributed by atoms with E-state index in [1.807, 2.05) is 22.8 Å². The van der Waals surface area contributed by atoms with Crippen LogP contribution in [-0.2, 0) is 13.5 Å². The first-order valence-corrected chi connectivity index (χ1v) is 6.45. The zero-order valence-electron chi connectivity index (χ0n) is 13.5. The molecule has 0 spiro atoms. The zero-order valence-corrected chi connectivity index (χ0v) is 10.5. The summed E-state index contributed by atoms with van der Waals surface area (Å²) < 4.78 is 32.9. The molecule has 5 rings (SSSR count). The van der Waals surface area contributed by atoms with Crippen LogP contribution in [0.25, 0.3) is 33.6 Å². The van der Waals surface area contributed by atoms with Crippen LogP contribution >= 0.6 is 0 Å². The Balaban J connectivity index is 1.96. The fourth-order valence-electron chi connectivity index (χ4n) is 3.09. The number of aryl methyl sites for hydroxylation is 1. The largest absolute Gasteiger partial charge is 0.383 e. The number of rotatable bonds is 0. The number of hydrogen-bond donors (Lipinski definition) is 0. The molecule has 0 amide bonds. The highest BCUT2D eigenvalue weighted by molar-refractivity contribution is 6.02. The van der Waals surface area contributed by atoms with Crippen molar-refractivity contribution in [3.05, 3.63) is 48.3 Å². The number of aromatic nitrogens is 3. The van der Waals surface area contributed by atoms with Gasteiger partial charge < -0.3 is 8.98 Å². The first kappa shape index (κ1) is 7.85. The van der Waals surface area contributed by atoms with E-state index in [9.17, 15) is 0 Å². The summed E-state index contributed by atoms with van der Waals surface area (Å²) in [6, 6.07) is 9.72. The minimum absolute atomic E-state index is 0.373. The molecular weight excluding hydrogens is 250 g/mol. The van der Waals surface area contributed by atoms with Crippen molar-refractivity contribution in [3.8, 4) is 11.5 Å². The highest BCUT2D eigenvalue weighted by Gasteiger charge is 2.36. The van der Waals surface area contributed by atoms with Crippen molar-refractivity contribution in [3.63, 3.8) is 0 Å². The van der Waals surface area contributed by atoms with Crippen molar-refractivity contribution in [2.75, 3.05) is 0 Å². The van der Waals surface area contributed by atoms with Crippen LogP contribution in [0.2, 0.25) is 0 Å². The molecule has 20 heavy (non-hydrogen) atoms. The molecule has 0 atom stereocenters. The summed E-state index contributed by atoms with van der Waals surface area (Å²) in [6.45, 7) is -1.64. The molecule has 0 unspecified atom stereocenters. The second kappa shape index (κ2) is 3.28. The summed E-state index contributed by atoms with van der Waals surface area (Å²) in [4.78, 5) is 4.16. The average molecular weight is 265 g/mol. The van der Waals surface area contributed by atoms with Crippen molar-refractivity contribution < 1.29 is 13.1 Å². The Hall–Kier alpha value is -2.62. The Bertz CT molecular complexity index is 1090. The topological polar surface area (TPSA) is 34.8 Å². The molecule has 4 nitrogen and oxygen atoms in total. The van der Waals surface area contributed by atoms with E-state index < -0.39 is 6.98 Å². The Morgan fingerprint density at radius 2 is 2.30 bits per heavy atom. The third-order valence-corrected chi connectivity index (χ3v) is 3.98. The first-order chi connectivity index (χ1) is 11.1. The molecule has 1 aliphatic rings. The Labute approximate surface area is 119 Å². The lowest BCUT2D eigenvalue weighted by atomic mass is 10.1. The van der Waals surface area contributed by atoms with Crippen molar-refractivity contribution in [2.45, 2.75) is 6.54 Å². The summed E-state index contributed by atoms with van der Waals surface area (Å²) in [5.41, 5.74) is 3.96. The molecule has 0 aliphatic carbocycles. The molecule has 4 heterocycles. The molecule has 0 fully saturated rings. The van der Waals surface area contributed by atoms with Gasteiger partial charge in [-0.1, -0.05) is 18.2 Å². The van der Waals surface area contributed by atoms with Crippen LogP contribution in [-0.4, -0.2) is 9.55 Å². The van der Waals surface area contributed by atoms with Gasteiger partial charge >= 0.3 is 5.89 Å². The monoisotopic (exact) mass is 265 g/mol. The lowest BCUT2D eigenvalue weighted by Gasteiger charge is -1.93. The number of nitrogens with zero attached hydrogens (tertiary/aromatic N) is 3. The van der Waals surface area contributed by atoms with Crippen LogP contribution in [0.5, 0.6) is 0 Å². The van der Waals surface area contributed by atoms with Gasteiger partial charge in [0.25, 0.3) is 11.2 Å². The van der Waals surface area contributed by atoms with Gasteiger partial charge in [-0.3, -0.25) is 4.98 Å². The Kier molecular flexibility index (Phi) is 1.29. The van der Waals surface area contributed by atoms with E-state index in [0.29, 0.717) is 23.7 Å². The van der Waals surface area contributed by atoms with Gasteiger partial charge in [0.1, 0.15) is 0 Å². The Morgan fingerprint density at radius 1 is 1.35 bits per heavy atom. The highest BCUT2D eigenvalue weighted by atomic mass is 16.4. The normalized spacial score (nSPS) is 15.9. The van der Waals surface area contributed by atoms with Gasteiger partial charge in [-0.25, -0.2) is 0 Å². The molecule has 4 aromatic rings. The number of oxazole rings is 1. The summed E-state index contributed by atoms with van der Waals surface area (Å²) in [6.07, 6.45) is 3.30. The summed E-state index contributed by atoms with van der Waals surface area (Å²) in [5.74, 6) is 0.703. The average Bonchev–Trinajstić information content (AvgIpc) is 3.12. The van der Waals surface area contributed by atoms with Gasteiger partial charge in [0.15, 0.2) is 6.54 Å². The van der Waals surface area contributed by atoms with Crippen LogP contribution < -0.4 is 4.57 Å². The molecule has 0 saturated heterocycles. The summed E-state index contributed by atoms with van der Waals surface area (Å²) in [5, 5.41) is 0.793. The molecular formula is C16H12N3O+. The zero-order chi connectivity index (χ0) is 15.8. The second-order valence-corrected chi connectivity index (χ2v) is 5.03. The highest BCUT2D eigenvalue weighted by Crippen LogP contribution is 2.34. The van der Waals surface area contributed by atoms with Gasteiger partial charge in [-0.15, -0.1) is 4.57 Å². The molecule has 1 aliphatic heterocycles. The van der Waals surface area contributed by atoms with Crippen molar-refractivity contribution in [2.24, 2.45) is 6.98 Å². The van der Waals surface area contributed by atoms with Crippen molar-refractivity contribution in [1.82, 2.24) is 9.55 Å². The molecule has 1 aromatic carbocycles. The van der Waals surface area contributed by atoms with E-state index in [4.69, 9.17) is 8.53 Å². The van der Waals surface area contributed by atoms with Crippen LogP contribution in [0.15, 0.2) is 47.1 Å². The maximum Gasteiger partial charge on any atom is 0.383 e. The van der Waals surface area contributed by atoms with E-state index in [-0.39, 0.29) is 0 Å². The smallest absolute Gasteiger partial charge is 0.380 e. The molecule has 0 radical (unpaired) electrons. The number of hydrogen-bond acceptors (Lipinski definition) is 2. The third-order valence-electron chi connectivity index (χ3n) is 3.98. The molecule has 0 bridgehead atoms. The second-order valence-electron chi connectivity index (χ2n) is 5.03. The maximum absolute atomic E-state index is 7.86. The van der Waals surface area contributed by atoms with Crippen LogP contribution in [0.3, 0.4) is 0 Å². The van der Waals surface area contributed by atoms with Crippen molar-refractivity contribution in [1.29, 1.82) is 0 Å².